The van der Waals surface area contributed by atoms with Crippen molar-refractivity contribution < 1.29 is 9.21 Å². The van der Waals surface area contributed by atoms with Crippen LogP contribution < -0.4 is 5.32 Å². The van der Waals surface area contributed by atoms with Crippen molar-refractivity contribution in [1.29, 1.82) is 0 Å². The normalized spacial score (nSPS) is 10.9. The summed E-state index contributed by atoms with van der Waals surface area (Å²) in [6.45, 7) is 0. The molecule has 1 amide bonds. The number of benzene rings is 2. The lowest BCUT2D eigenvalue weighted by Gasteiger charge is -2.03. The third-order valence-electron chi connectivity index (χ3n) is 3.30. The Morgan fingerprint density at radius 2 is 1.62 bits per heavy atom. The Kier molecular flexibility index (Phi) is 5.04. The molecule has 0 fully saturated rings. The van der Waals surface area contributed by atoms with Crippen LogP contribution >= 0.6 is 23.2 Å². The first-order valence-corrected chi connectivity index (χ1v) is 7.97. The summed E-state index contributed by atoms with van der Waals surface area (Å²) in [6.07, 6.45) is 2.98. The van der Waals surface area contributed by atoms with Crippen LogP contribution in [0, 0.1) is 0 Å². The van der Waals surface area contributed by atoms with Crippen molar-refractivity contribution in [3.8, 4) is 11.3 Å². The van der Waals surface area contributed by atoms with E-state index in [1.54, 1.807) is 42.5 Å². The maximum atomic E-state index is 11.9. The van der Waals surface area contributed by atoms with E-state index in [9.17, 15) is 4.79 Å². The van der Waals surface area contributed by atoms with E-state index < -0.39 is 0 Å². The van der Waals surface area contributed by atoms with Gasteiger partial charge >= 0.3 is 0 Å². The van der Waals surface area contributed by atoms with Crippen LogP contribution in [0.5, 0.6) is 0 Å². The summed E-state index contributed by atoms with van der Waals surface area (Å²) in [7, 11) is 0. The molecule has 0 aliphatic carbocycles. The van der Waals surface area contributed by atoms with E-state index in [1.807, 2.05) is 24.3 Å². The van der Waals surface area contributed by atoms with Gasteiger partial charge in [0.1, 0.15) is 11.5 Å². The smallest absolute Gasteiger partial charge is 0.248 e. The average Bonchev–Trinajstić information content (AvgIpc) is 3.04. The van der Waals surface area contributed by atoms with Crippen molar-refractivity contribution in [2.24, 2.45) is 0 Å². The third kappa shape index (κ3) is 3.88. The number of hydrogen-bond donors (Lipinski definition) is 1. The Balaban J connectivity index is 1.70. The Morgan fingerprint density at radius 3 is 2.38 bits per heavy atom. The second kappa shape index (κ2) is 7.39. The zero-order valence-corrected chi connectivity index (χ0v) is 14.0. The van der Waals surface area contributed by atoms with E-state index in [2.05, 4.69) is 5.32 Å². The van der Waals surface area contributed by atoms with E-state index >= 15 is 0 Å². The minimum Gasteiger partial charge on any atom is -0.457 e. The molecule has 0 aliphatic heterocycles. The van der Waals surface area contributed by atoms with Crippen molar-refractivity contribution in [3.63, 3.8) is 0 Å². The SMILES string of the molecule is O=C(/C=C/c1ccc(-c2ccccc2Cl)o1)Nc1ccccc1Cl. The number of hydrogen-bond acceptors (Lipinski definition) is 2. The van der Waals surface area contributed by atoms with Crippen LogP contribution in [0.15, 0.2) is 71.2 Å². The number of para-hydroxylation sites is 1. The molecular weight excluding hydrogens is 345 g/mol. The van der Waals surface area contributed by atoms with Gasteiger partial charge in [-0.1, -0.05) is 47.5 Å². The van der Waals surface area contributed by atoms with Gasteiger partial charge in [0.2, 0.25) is 5.91 Å². The van der Waals surface area contributed by atoms with Crippen molar-refractivity contribution >= 4 is 40.9 Å². The van der Waals surface area contributed by atoms with Gasteiger partial charge in [-0.3, -0.25) is 4.79 Å². The fourth-order valence-corrected chi connectivity index (χ4v) is 2.55. The molecule has 0 spiro atoms. The molecule has 120 valence electrons. The average molecular weight is 358 g/mol. The van der Waals surface area contributed by atoms with Gasteiger partial charge in [-0.15, -0.1) is 0 Å². The highest BCUT2D eigenvalue weighted by atomic mass is 35.5. The van der Waals surface area contributed by atoms with E-state index in [0.717, 1.165) is 5.56 Å². The highest BCUT2D eigenvalue weighted by Gasteiger charge is 2.07. The first-order chi connectivity index (χ1) is 11.6. The highest BCUT2D eigenvalue weighted by molar-refractivity contribution is 6.34. The lowest BCUT2D eigenvalue weighted by atomic mass is 10.2. The van der Waals surface area contributed by atoms with E-state index in [0.29, 0.717) is 27.3 Å². The highest BCUT2D eigenvalue weighted by Crippen LogP contribution is 2.29. The number of halogens is 2. The Hall–Kier alpha value is -2.49. The molecule has 1 N–H and O–H groups in total. The van der Waals surface area contributed by atoms with E-state index in [-0.39, 0.29) is 5.91 Å². The number of carbonyl (C=O) groups is 1. The van der Waals surface area contributed by atoms with Crippen molar-refractivity contribution in [2.75, 3.05) is 5.32 Å². The minimum absolute atomic E-state index is 0.293. The first kappa shape index (κ1) is 16.4. The van der Waals surface area contributed by atoms with Gasteiger partial charge in [-0.25, -0.2) is 0 Å². The molecule has 1 heterocycles. The van der Waals surface area contributed by atoms with Gasteiger partial charge in [0.05, 0.1) is 15.7 Å². The predicted octanol–water partition coefficient (Wildman–Crippen LogP) is 5.91. The lowest BCUT2D eigenvalue weighted by Crippen LogP contribution is -2.07. The van der Waals surface area contributed by atoms with Crippen LogP contribution in [0.3, 0.4) is 0 Å². The van der Waals surface area contributed by atoms with Gasteiger partial charge in [-0.05, 0) is 42.5 Å². The van der Waals surface area contributed by atoms with Crippen LogP contribution in [-0.4, -0.2) is 5.91 Å². The standard InChI is InChI=1S/C19H13Cl2NO2/c20-15-6-2-1-5-14(15)18-11-9-13(24-18)10-12-19(23)22-17-8-4-3-7-16(17)21/h1-12H,(H,22,23)/b12-10+. The summed E-state index contributed by atoms with van der Waals surface area (Å²) < 4.78 is 5.70. The molecule has 0 bridgehead atoms. The Bertz CT molecular complexity index is 900. The molecule has 24 heavy (non-hydrogen) atoms. The summed E-state index contributed by atoms with van der Waals surface area (Å²) >= 11 is 12.1. The topological polar surface area (TPSA) is 42.2 Å². The minimum atomic E-state index is -0.293. The van der Waals surface area contributed by atoms with Gasteiger partial charge in [-0.2, -0.15) is 0 Å². The quantitative estimate of drug-likeness (QED) is 0.590. The molecule has 3 nitrogen and oxygen atoms in total. The summed E-state index contributed by atoms with van der Waals surface area (Å²) in [5, 5.41) is 3.80. The molecule has 1 aromatic heterocycles. The molecule has 0 saturated carbocycles. The molecule has 0 saturated heterocycles. The molecule has 2 aromatic carbocycles. The van der Waals surface area contributed by atoms with Crippen LogP contribution in [0.1, 0.15) is 5.76 Å². The van der Waals surface area contributed by atoms with Crippen molar-refractivity contribution in [3.05, 3.63) is 82.5 Å². The summed E-state index contributed by atoms with van der Waals surface area (Å²) in [5.74, 6) is 0.907. The zero-order chi connectivity index (χ0) is 16.9. The monoisotopic (exact) mass is 357 g/mol. The van der Waals surface area contributed by atoms with Crippen molar-refractivity contribution in [2.45, 2.75) is 0 Å². The van der Waals surface area contributed by atoms with Gasteiger partial charge in [0, 0.05) is 11.6 Å². The van der Waals surface area contributed by atoms with Crippen molar-refractivity contribution in [1.82, 2.24) is 0 Å². The number of nitrogens with one attached hydrogen (secondary N) is 1. The second-order valence-electron chi connectivity index (χ2n) is 4.98. The Morgan fingerprint density at radius 1 is 0.917 bits per heavy atom. The number of anilines is 1. The molecule has 0 radical (unpaired) electrons. The molecular formula is C19H13Cl2NO2. The predicted molar refractivity (Wildman–Crippen MR) is 98.3 cm³/mol. The van der Waals surface area contributed by atoms with Gasteiger partial charge < -0.3 is 9.73 Å². The van der Waals surface area contributed by atoms with Gasteiger partial charge in [0.15, 0.2) is 0 Å². The summed E-state index contributed by atoms with van der Waals surface area (Å²) in [4.78, 5) is 11.9. The van der Waals surface area contributed by atoms with E-state index in [1.165, 1.54) is 6.08 Å². The number of furan rings is 1. The first-order valence-electron chi connectivity index (χ1n) is 7.22. The Labute approximate surface area is 149 Å². The maximum Gasteiger partial charge on any atom is 0.248 e. The largest absolute Gasteiger partial charge is 0.457 e. The van der Waals surface area contributed by atoms with Crippen LogP contribution in [0.2, 0.25) is 10.0 Å². The number of carbonyl (C=O) groups excluding carboxylic acids is 1. The van der Waals surface area contributed by atoms with Crippen LogP contribution in [0.25, 0.3) is 17.4 Å². The molecule has 3 aromatic rings. The molecule has 0 atom stereocenters. The van der Waals surface area contributed by atoms with Gasteiger partial charge in [0.25, 0.3) is 0 Å². The summed E-state index contributed by atoms with van der Waals surface area (Å²) in [6, 6.07) is 18.0. The fraction of sp³-hybridized carbons (Fsp3) is 0. The van der Waals surface area contributed by atoms with Crippen LogP contribution in [-0.2, 0) is 4.79 Å². The molecule has 0 unspecified atom stereocenters. The van der Waals surface area contributed by atoms with E-state index in [4.69, 9.17) is 27.6 Å². The zero-order valence-electron chi connectivity index (χ0n) is 12.5. The van der Waals surface area contributed by atoms with Crippen LogP contribution in [0.4, 0.5) is 5.69 Å². The second-order valence-corrected chi connectivity index (χ2v) is 5.80. The molecule has 0 aliphatic rings. The third-order valence-corrected chi connectivity index (χ3v) is 3.96. The fourth-order valence-electron chi connectivity index (χ4n) is 2.14. The lowest BCUT2D eigenvalue weighted by molar-refractivity contribution is -0.111. The summed E-state index contributed by atoms with van der Waals surface area (Å²) in [5.41, 5.74) is 1.37. The number of rotatable bonds is 4. The maximum absolute atomic E-state index is 11.9. The number of amides is 1. The molecule has 3 rings (SSSR count). The molecule has 5 heteroatoms.